The van der Waals surface area contributed by atoms with Crippen LogP contribution in [0.5, 0.6) is 17.2 Å². The van der Waals surface area contributed by atoms with Crippen LogP contribution in [0.3, 0.4) is 0 Å². The summed E-state index contributed by atoms with van der Waals surface area (Å²) in [5.41, 5.74) is 4.76. The smallest absolute Gasteiger partial charge is 0.161 e. The minimum atomic E-state index is -0.203. The van der Waals surface area contributed by atoms with E-state index in [-0.39, 0.29) is 18.1 Å². The van der Waals surface area contributed by atoms with Gasteiger partial charge in [0.1, 0.15) is 5.75 Å². The van der Waals surface area contributed by atoms with Crippen molar-refractivity contribution >= 4 is 11.1 Å². The highest BCUT2D eigenvalue weighted by atomic mass is 16.5. The summed E-state index contributed by atoms with van der Waals surface area (Å²) in [4.78, 5) is 0. The van der Waals surface area contributed by atoms with Crippen molar-refractivity contribution < 1.29 is 20.1 Å². The Morgan fingerprint density at radius 1 is 0.875 bits per heavy atom. The lowest BCUT2D eigenvalue weighted by atomic mass is 9.90. The van der Waals surface area contributed by atoms with Crippen molar-refractivity contribution in [1.29, 1.82) is 0 Å². The van der Waals surface area contributed by atoms with E-state index in [1.807, 2.05) is 24.3 Å². The molecule has 2 aromatic carbocycles. The molecule has 0 saturated carbocycles. The van der Waals surface area contributed by atoms with Gasteiger partial charge in [-0.05, 0) is 59.4 Å². The number of aliphatic hydroxyl groups is 1. The van der Waals surface area contributed by atoms with Gasteiger partial charge in [-0.2, -0.15) is 0 Å². The van der Waals surface area contributed by atoms with E-state index in [2.05, 4.69) is 13.8 Å². The Morgan fingerprint density at radius 2 is 1.42 bits per heavy atom. The lowest BCUT2D eigenvalue weighted by molar-refractivity contribution is 0.275. The Balaban J connectivity index is 2.62. The van der Waals surface area contributed by atoms with Crippen LogP contribution in [0, 0.1) is 0 Å². The van der Waals surface area contributed by atoms with E-state index in [9.17, 15) is 15.3 Å². The third-order valence-electron chi connectivity index (χ3n) is 4.20. The molecule has 0 spiro atoms. The van der Waals surface area contributed by atoms with Crippen molar-refractivity contribution in [3.8, 4) is 17.2 Å². The van der Waals surface area contributed by atoms with E-state index in [0.717, 1.165) is 35.1 Å². The molecule has 4 heteroatoms. The normalized spacial score (nSPS) is 12.0. The average molecular weight is 328 g/mol. The fourth-order valence-corrected chi connectivity index (χ4v) is 2.95. The summed E-state index contributed by atoms with van der Waals surface area (Å²) in [5.74, 6) is 0.652. The van der Waals surface area contributed by atoms with Gasteiger partial charge in [0, 0.05) is 5.56 Å². The molecule has 0 unspecified atom stereocenters. The molecule has 0 saturated heterocycles. The first kappa shape index (κ1) is 17.9. The number of hydrogen-bond acceptors (Lipinski definition) is 4. The van der Waals surface area contributed by atoms with Gasteiger partial charge in [-0.25, -0.2) is 0 Å². The number of allylic oxidation sites excluding steroid dienone is 2. The van der Waals surface area contributed by atoms with Crippen LogP contribution in [0.25, 0.3) is 11.1 Å². The number of ether oxygens (including phenoxy) is 1. The second-order valence-corrected chi connectivity index (χ2v) is 5.55. The molecule has 4 nitrogen and oxygen atoms in total. The third kappa shape index (κ3) is 3.54. The summed E-state index contributed by atoms with van der Waals surface area (Å²) in [6, 6.07) is 10.6. The van der Waals surface area contributed by atoms with E-state index in [4.69, 9.17) is 4.74 Å². The van der Waals surface area contributed by atoms with Crippen LogP contribution < -0.4 is 4.74 Å². The van der Waals surface area contributed by atoms with E-state index in [1.165, 1.54) is 7.11 Å². The average Bonchev–Trinajstić information content (AvgIpc) is 2.61. The monoisotopic (exact) mass is 328 g/mol. The van der Waals surface area contributed by atoms with Crippen LogP contribution in [0.2, 0.25) is 0 Å². The molecule has 0 aromatic heterocycles. The molecular weight excluding hydrogens is 304 g/mol. The van der Waals surface area contributed by atoms with E-state index in [1.54, 1.807) is 12.1 Å². The Hall–Kier alpha value is -2.46. The second kappa shape index (κ2) is 7.88. The quantitative estimate of drug-likeness (QED) is 0.690. The molecule has 24 heavy (non-hydrogen) atoms. The molecule has 128 valence electrons. The zero-order valence-corrected chi connectivity index (χ0v) is 14.3. The zero-order chi connectivity index (χ0) is 17.7. The van der Waals surface area contributed by atoms with Crippen LogP contribution in [-0.4, -0.2) is 22.4 Å². The number of aliphatic hydroxyl groups excluding tert-OH is 1. The Bertz CT molecular complexity index is 684. The highest BCUT2D eigenvalue weighted by Crippen LogP contribution is 2.36. The van der Waals surface area contributed by atoms with Crippen LogP contribution >= 0.6 is 0 Å². The predicted octanol–water partition coefficient (Wildman–Crippen LogP) is 4.33. The minimum absolute atomic E-state index is 0.0982. The van der Waals surface area contributed by atoms with Gasteiger partial charge >= 0.3 is 0 Å². The number of methoxy groups -OCH3 is 1. The molecule has 3 N–H and O–H groups in total. The zero-order valence-electron chi connectivity index (χ0n) is 14.3. The van der Waals surface area contributed by atoms with Gasteiger partial charge in [0.2, 0.25) is 0 Å². The number of aromatic hydroxyl groups is 2. The molecule has 0 atom stereocenters. The lowest BCUT2D eigenvalue weighted by Crippen LogP contribution is -1.95. The Kier molecular flexibility index (Phi) is 5.88. The van der Waals surface area contributed by atoms with Crippen LogP contribution in [0.4, 0.5) is 0 Å². The van der Waals surface area contributed by atoms with E-state index >= 15 is 0 Å². The van der Waals surface area contributed by atoms with Gasteiger partial charge in [0.25, 0.3) is 0 Å². The summed E-state index contributed by atoms with van der Waals surface area (Å²) < 4.78 is 5.21. The summed E-state index contributed by atoms with van der Waals surface area (Å²) in [6.45, 7) is 3.96. The van der Waals surface area contributed by atoms with Crippen molar-refractivity contribution in [2.45, 2.75) is 33.3 Å². The van der Waals surface area contributed by atoms with Crippen molar-refractivity contribution in [3.05, 3.63) is 53.1 Å². The number of phenols is 2. The predicted molar refractivity (Wildman–Crippen MR) is 96.1 cm³/mol. The largest absolute Gasteiger partial charge is 0.508 e. The molecule has 0 heterocycles. The van der Waals surface area contributed by atoms with Crippen molar-refractivity contribution in [1.82, 2.24) is 0 Å². The standard InChI is InChI=1S/C20H24O4/c1-4-16(13-6-8-18(22)15(10-13)12-21)17(5-2)14-7-9-19(23)20(11-14)24-3/h6-11,21-23H,4-5,12H2,1-3H3/b17-16+. The molecule has 0 aliphatic heterocycles. The Morgan fingerprint density at radius 3 is 1.92 bits per heavy atom. The number of rotatable bonds is 6. The van der Waals surface area contributed by atoms with Gasteiger partial charge in [0.15, 0.2) is 11.5 Å². The minimum Gasteiger partial charge on any atom is -0.508 e. The summed E-state index contributed by atoms with van der Waals surface area (Å²) in [7, 11) is 1.53. The number of hydrogen-bond donors (Lipinski definition) is 3. The Labute approximate surface area is 142 Å². The molecule has 0 bridgehead atoms. The maximum atomic E-state index is 9.80. The summed E-state index contributed by atoms with van der Waals surface area (Å²) >= 11 is 0. The van der Waals surface area contributed by atoms with Crippen LogP contribution in [-0.2, 0) is 6.61 Å². The van der Waals surface area contributed by atoms with Gasteiger partial charge in [0.05, 0.1) is 13.7 Å². The first-order chi connectivity index (χ1) is 11.5. The fourth-order valence-electron chi connectivity index (χ4n) is 2.95. The molecule has 2 aromatic rings. The van der Waals surface area contributed by atoms with Crippen molar-refractivity contribution in [3.63, 3.8) is 0 Å². The topological polar surface area (TPSA) is 69.9 Å². The molecule has 2 rings (SSSR count). The van der Waals surface area contributed by atoms with Crippen molar-refractivity contribution in [2.24, 2.45) is 0 Å². The molecular formula is C20H24O4. The maximum absolute atomic E-state index is 9.80. The van der Waals surface area contributed by atoms with Crippen molar-refractivity contribution in [2.75, 3.05) is 7.11 Å². The van der Waals surface area contributed by atoms with Crippen LogP contribution in [0.1, 0.15) is 43.4 Å². The SMILES string of the molecule is CC/C(=C(/CC)c1ccc(O)c(OC)c1)c1ccc(O)c(CO)c1. The van der Waals surface area contributed by atoms with Gasteiger partial charge in [-0.3, -0.25) is 0 Å². The highest BCUT2D eigenvalue weighted by molar-refractivity contribution is 5.91. The molecule has 0 radical (unpaired) electrons. The second-order valence-electron chi connectivity index (χ2n) is 5.55. The first-order valence-corrected chi connectivity index (χ1v) is 8.08. The van der Waals surface area contributed by atoms with E-state index in [0.29, 0.717) is 11.3 Å². The lowest BCUT2D eigenvalue weighted by Gasteiger charge is -2.16. The number of benzene rings is 2. The first-order valence-electron chi connectivity index (χ1n) is 8.08. The highest BCUT2D eigenvalue weighted by Gasteiger charge is 2.13. The molecule has 0 aliphatic rings. The van der Waals surface area contributed by atoms with Gasteiger partial charge in [-0.15, -0.1) is 0 Å². The maximum Gasteiger partial charge on any atom is 0.161 e. The summed E-state index contributed by atoms with van der Waals surface area (Å²) in [6.07, 6.45) is 1.62. The van der Waals surface area contributed by atoms with Crippen LogP contribution in [0.15, 0.2) is 36.4 Å². The number of phenolic OH excluding ortho intramolecular Hbond substituents is 1. The fraction of sp³-hybridized carbons (Fsp3) is 0.300. The van der Waals surface area contributed by atoms with Gasteiger partial charge < -0.3 is 20.1 Å². The molecule has 0 amide bonds. The molecule has 0 aliphatic carbocycles. The third-order valence-corrected chi connectivity index (χ3v) is 4.20. The molecule has 0 fully saturated rings. The van der Waals surface area contributed by atoms with Gasteiger partial charge in [-0.1, -0.05) is 26.0 Å². The summed E-state index contributed by atoms with van der Waals surface area (Å²) in [5, 5.41) is 29.0. The van der Waals surface area contributed by atoms with E-state index < -0.39 is 0 Å².